The second-order valence-corrected chi connectivity index (χ2v) is 5.40. The Morgan fingerprint density at radius 1 is 1.10 bits per heavy atom. The van der Waals surface area contributed by atoms with Crippen LogP contribution in [0.4, 0.5) is 4.39 Å². The fraction of sp³-hybridized carbons (Fsp3) is 0.294. The van der Waals surface area contributed by atoms with Crippen LogP contribution in [0, 0.1) is 5.82 Å². The molecule has 4 heteroatoms. The molecule has 0 aromatic heterocycles. The quantitative estimate of drug-likeness (QED) is 0.815. The molecule has 1 unspecified atom stereocenters. The monoisotopic (exact) mass is 351 g/mol. The molecule has 0 saturated carbocycles. The van der Waals surface area contributed by atoms with Gasteiger partial charge >= 0.3 is 0 Å². The molecular weight excluding hydrogens is 333 g/mol. The van der Waals surface area contributed by atoms with Crippen molar-refractivity contribution in [2.45, 2.75) is 19.9 Å². The third-order valence-corrected chi connectivity index (χ3v) is 4.07. The Labute approximate surface area is 133 Å². The van der Waals surface area contributed by atoms with Gasteiger partial charge in [0.05, 0.1) is 17.1 Å². The van der Waals surface area contributed by atoms with E-state index in [4.69, 9.17) is 4.74 Å². The van der Waals surface area contributed by atoms with Crippen LogP contribution in [0.25, 0.3) is 0 Å². The van der Waals surface area contributed by atoms with Crippen molar-refractivity contribution in [1.82, 2.24) is 5.32 Å². The summed E-state index contributed by atoms with van der Waals surface area (Å²) >= 11 is 3.36. The first-order valence-corrected chi connectivity index (χ1v) is 7.87. The average Bonchev–Trinajstić information content (AvgIpc) is 2.49. The number of rotatable bonds is 6. The van der Waals surface area contributed by atoms with E-state index >= 15 is 0 Å². The first-order valence-electron chi connectivity index (χ1n) is 7.08. The van der Waals surface area contributed by atoms with Crippen molar-refractivity contribution in [1.29, 1.82) is 0 Å². The van der Waals surface area contributed by atoms with Gasteiger partial charge < -0.3 is 10.1 Å². The zero-order chi connectivity index (χ0) is 15.2. The lowest BCUT2D eigenvalue weighted by atomic mass is 9.97. The number of para-hydroxylation sites is 1. The molecule has 0 aliphatic carbocycles. The number of benzene rings is 2. The zero-order valence-corrected chi connectivity index (χ0v) is 13.8. The van der Waals surface area contributed by atoms with Crippen LogP contribution in [0.2, 0.25) is 0 Å². The van der Waals surface area contributed by atoms with Crippen molar-refractivity contribution in [3.63, 3.8) is 0 Å². The summed E-state index contributed by atoms with van der Waals surface area (Å²) in [5.41, 5.74) is 1.87. The Morgan fingerprint density at radius 2 is 1.81 bits per heavy atom. The third kappa shape index (κ3) is 3.63. The van der Waals surface area contributed by atoms with E-state index < -0.39 is 0 Å². The van der Waals surface area contributed by atoms with Gasteiger partial charge in [-0.15, -0.1) is 0 Å². The first-order chi connectivity index (χ1) is 10.2. The topological polar surface area (TPSA) is 21.3 Å². The average molecular weight is 352 g/mol. The summed E-state index contributed by atoms with van der Waals surface area (Å²) < 4.78 is 20.0. The minimum absolute atomic E-state index is 0.122. The summed E-state index contributed by atoms with van der Waals surface area (Å²) in [6.45, 7) is 5.36. The standard InChI is InChI=1S/C17H19BrFNO/c1-3-20-17(13-9-7-10-14(19)16(13)18)12-8-5-6-11-15(12)21-4-2/h5-11,17,20H,3-4H2,1-2H3. The minimum atomic E-state index is -0.260. The van der Waals surface area contributed by atoms with Crippen LogP contribution in [0.3, 0.4) is 0 Å². The van der Waals surface area contributed by atoms with Crippen LogP contribution in [0.5, 0.6) is 5.75 Å². The molecule has 0 aliphatic rings. The Balaban J connectivity index is 2.51. The number of halogens is 2. The molecule has 2 aromatic carbocycles. The van der Waals surface area contributed by atoms with Crippen LogP contribution in [0.1, 0.15) is 31.0 Å². The predicted octanol–water partition coefficient (Wildman–Crippen LogP) is 4.69. The molecule has 0 saturated heterocycles. The van der Waals surface area contributed by atoms with Gasteiger partial charge in [0.2, 0.25) is 0 Å². The van der Waals surface area contributed by atoms with Crippen LogP contribution < -0.4 is 10.1 Å². The van der Waals surface area contributed by atoms with Gasteiger partial charge in [0.25, 0.3) is 0 Å². The smallest absolute Gasteiger partial charge is 0.137 e. The van der Waals surface area contributed by atoms with Crippen molar-refractivity contribution in [2.75, 3.05) is 13.2 Å². The fourth-order valence-corrected chi connectivity index (χ4v) is 2.83. The van der Waals surface area contributed by atoms with Gasteiger partial charge in [0.1, 0.15) is 11.6 Å². The van der Waals surface area contributed by atoms with E-state index in [9.17, 15) is 4.39 Å². The van der Waals surface area contributed by atoms with E-state index in [1.807, 2.05) is 44.2 Å². The molecule has 2 nitrogen and oxygen atoms in total. The van der Waals surface area contributed by atoms with Crippen molar-refractivity contribution in [3.05, 3.63) is 63.9 Å². The van der Waals surface area contributed by atoms with Gasteiger partial charge in [0, 0.05) is 5.56 Å². The summed E-state index contributed by atoms with van der Waals surface area (Å²) in [4.78, 5) is 0. The lowest BCUT2D eigenvalue weighted by molar-refractivity contribution is 0.333. The predicted molar refractivity (Wildman–Crippen MR) is 87.2 cm³/mol. The van der Waals surface area contributed by atoms with Crippen molar-refractivity contribution < 1.29 is 9.13 Å². The third-order valence-electron chi connectivity index (χ3n) is 3.23. The fourth-order valence-electron chi connectivity index (χ4n) is 2.34. The number of hydrogen-bond donors (Lipinski definition) is 1. The summed E-state index contributed by atoms with van der Waals surface area (Å²) in [6.07, 6.45) is 0. The molecule has 112 valence electrons. The van der Waals surface area contributed by atoms with Gasteiger partial charge in [-0.3, -0.25) is 0 Å². The lowest BCUT2D eigenvalue weighted by Crippen LogP contribution is -2.23. The highest BCUT2D eigenvalue weighted by Crippen LogP contribution is 2.34. The highest BCUT2D eigenvalue weighted by molar-refractivity contribution is 9.10. The van der Waals surface area contributed by atoms with E-state index in [1.54, 1.807) is 6.07 Å². The molecule has 0 radical (unpaired) electrons. The minimum Gasteiger partial charge on any atom is -0.494 e. The van der Waals surface area contributed by atoms with Crippen molar-refractivity contribution in [2.24, 2.45) is 0 Å². The highest BCUT2D eigenvalue weighted by atomic mass is 79.9. The molecule has 1 N–H and O–H groups in total. The molecule has 0 heterocycles. The second-order valence-electron chi connectivity index (χ2n) is 4.60. The zero-order valence-electron chi connectivity index (χ0n) is 12.2. The Kier molecular flexibility index (Phi) is 5.76. The van der Waals surface area contributed by atoms with Crippen LogP contribution in [-0.4, -0.2) is 13.2 Å². The molecule has 0 fully saturated rings. The molecular formula is C17H19BrFNO. The van der Waals surface area contributed by atoms with E-state index in [2.05, 4.69) is 21.2 Å². The Hall–Kier alpha value is -1.39. The van der Waals surface area contributed by atoms with E-state index in [-0.39, 0.29) is 11.9 Å². The van der Waals surface area contributed by atoms with Gasteiger partial charge in [-0.2, -0.15) is 0 Å². The van der Waals surface area contributed by atoms with E-state index in [0.29, 0.717) is 11.1 Å². The van der Waals surface area contributed by atoms with Crippen LogP contribution >= 0.6 is 15.9 Å². The van der Waals surface area contributed by atoms with Gasteiger partial charge in [0.15, 0.2) is 0 Å². The maximum Gasteiger partial charge on any atom is 0.137 e. The molecule has 21 heavy (non-hydrogen) atoms. The molecule has 2 aromatic rings. The largest absolute Gasteiger partial charge is 0.494 e. The van der Waals surface area contributed by atoms with Gasteiger partial charge in [-0.25, -0.2) is 4.39 Å². The number of ether oxygens (including phenoxy) is 1. The molecule has 2 rings (SSSR count). The maximum absolute atomic E-state index is 13.8. The Bertz CT molecular complexity index is 603. The van der Waals surface area contributed by atoms with Crippen molar-refractivity contribution in [3.8, 4) is 5.75 Å². The maximum atomic E-state index is 13.8. The van der Waals surface area contributed by atoms with E-state index in [1.165, 1.54) is 6.07 Å². The Morgan fingerprint density at radius 3 is 2.52 bits per heavy atom. The molecule has 0 amide bonds. The van der Waals surface area contributed by atoms with Crippen molar-refractivity contribution >= 4 is 15.9 Å². The number of nitrogens with one attached hydrogen (secondary N) is 1. The molecule has 0 bridgehead atoms. The molecule has 0 spiro atoms. The summed E-state index contributed by atoms with van der Waals surface area (Å²) in [5.74, 6) is 0.561. The van der Waals surface area contributed by atoms with Crippen LogP contribution in [-0.2, 0) is 0 Å². The molecule has 1 atom stereocenters. The van der Waals surface area contributed by atoms with Gasteiger partial charge in [-0.1, -0.05) is 37.3 Å². The number of hydrogen-bond acceptors (Lipinski definition) is 2. The second kappa shape index (κ2) is 7.57. The highest BCUT2D eigenvalue weighted by Gasteiger charge is 2.20. The molecule has 0 aliphatic heterocycles. The first kappa shape index (κ1) is 16.0. The lowest BCUT2D eigenvalue weighted by Gasteiger charge is -2.23. The SMILES string of the molecule is CCNC(c1ccccc1OCC)c1cccc(F)c1Br. The van der Waals surface area contributed by atoms with E-state index in [0.717, 1.165) is 23.4 Å². The van der Waals surface area contributed by atoms with Crippen LogP contribution in [0.15, 0.2) is 46.9 Å². The summed E-state index contributed by atoms with van der Waals surface area (Å²) in [7, 11) is 0. The summed E-state index contributed by atoms with van der Waals surface area (Å²) in [5, 5.41) is 3.41. The summed E-state index contributed by atoms with van der Waals surface area (Å²) in [6, 6.07) is 12.8. The van der Waals surface area contributed by atoms with Gasteiger partial charge in [-0.05, 0) is 47.1 Å². The normalized spacial score (nSPS) is 12.2.